The van der Waals surface area contributed by atoms with Crippen LogP contribution in [0.25, 0.3) is 0 Å². The number of hydrogen-bond donors (Lipinski definition) is 0. The zero-order valence-corrected chi connectivity index (χ0v) is 14.7. The van der Waals surface area contributed by atoms with Crippen LogP contribution in [-0.4, -0.2) is 53.7 Å². The lowest BCUT2D eigenvalue weighted by Crippen LogP contribution is -2.46. The number of fused-ring (bicyclic) bond motifs is 4. The quantitative estimate of drug-likeness (QED) is 0.509. The molecule has 1 aliphatic carbocycles. The van der Waals surface area contributed by atoms with Crippen molar-refractivity contribution < 1.29 is 4.48 Å². The van der Waals surface area contributed by atoms with Gasteiger partial charge in [-0.2, -0.15) is 0 Å². The molecule has 0 aromatic rings. The molecule has 2 saturated heterocycles. The van der Waals surface area contributed by atoms with Crippen molar-refractivity contribution in [2.75, 3.05) is 20.6 Å². The smallest absolute Gasteiger partial charge is 0.153 e. The van der Waals surface area contributed by atoms with Gasteiger partial charge in [0, 0.05) is 18.4 Å². The summed E-state index contributed by atoms with van der Waals surface area (Å²) in [4.78, 5) is 2.44. The minimum absolute atomic E-state index is 0.382. The van der Waals surface area contributed by atoms with E-state index in [0.29, 0.717) is 5.54 Å². The van der Waals surface area contributed by atoms with Gasteiger partial charge in [0.1, 0.15) is 12.1 Å². The van der Waals surface area contributed by atoms with Gasteiger partial charge in [-0.15, -0.1) is 0 Å². The number of rotatable bonds is 7. The zero-order chi connectivity index (χ0) is 14.9. The van der Waals surface area contributed by atoms with E-state index in [1.54, 1.807) is 0 Å². The van der Waals surface area contributed by atoms with Crippen molar-refractivity contribution in [3.8, 4) is 0 Å². The first-order valence-corrected chi connectivity index (χ1v) is 8.80. The average Bonchev–Trinajstić information content (AvgIpc) is 3.19. The summed E-state index contributed by atoms with van der Waals surface area (Å²) >= 11 is 0. The molecule has 0 aromatic heterocycles. The Kier molecular flexibility index (Phi) is 3.14. The van der Waals surface area contributed by atoms with E-state index in [-0.39, 0.29) is 0 Å². The van der Waals surface area contributed by atoms with Crippen molar-refractivity contribution in [3.05, 3.63) is 0 Å². The standard InChI is InChI=1S/C18H35N2/c1-8-17(4,19(6)7)11-13(3)10-14-16-18(5)12-15(18)20(14,16)9-2/h13-16H,8-12H2,1-7H3/q+1. The van der Waals surface area contributed by atoms with Crippen molar-refractivity contribution in [2.45, 2.75) is 84.0 Å². The Bertz CT molecular complexity index is 406. The molecule has 3 aliphatic rings. The summed E-state index contributed by atoms with van der Waals surface area (Å²) in [6.07, 6.45) is 5.60. The normalized spacial score (nSPS) is 48.9. The molecule has 7 unspecified atom stereocenters. The minimum Gasteiger partial charge on any atom is -0.305 e. The van der Waals surface area contributed by atoms with Gasteiger partial charge in [-0.1, -0.05) is 13.8 Å². The highest BCUT2D eigenvalue weighted by atomic mass is 15.7. The SMILES string of the molecule is CCC(C)(CC(C)CC1C2C3(C)CC3[N+]12CC)N(C)C. The van der Waals surface area contributed by atoms with Crippen LogP contribution in [0.4, 0.5) is 0 Å². The van der Waals surface area contributed by atoms with Crippen LogP contribution in [0.3, 0.4) is 0 Å². The second-order valence-electron chi connectivity index (χ2n) is 8.84. The molecule has 0 amide bonds. The van der Waals surface area contributed by atoms with E-state index in [2.05, 4.69) is 53.6 Å². The Morgan fingerprint density at radius 1 is 1.35 bits per heavy atom. The molecule has 20 heavy (non-hydrogen) atoms. The van der Waals surface area contributed by atoms with Crippen molar-refractivity contribution >= 4 is 0 Å². The van der Waals surface area contributed by atoms with Gasteiger partial charge in [0.2, 0.25) is 0 Å². The lowest BCUT2D eigenvalue weighted by molar-refractivity contribution is -0.872. The van der Waals surface area contributed by atoms with Crippen LogP contribution in [0.5, 0.6) is 0 Å². The molecule has 2 nitrogen and oxygen atoms in total. The predicted molar refractivity (Wildman–Crippen MR) is 85.7 cm³/mol. The summed E-state index contributed by atoms with van der Waals surface area (Å²) in [7, 11) is 4.49. The van der Waals surface area contributed by atoms with E-state index in [0.717, 1.165) is 29.5 Å². The average molecular weight is 279 g/mol. The van der Waals surface area contributed by atoms with E-state index in [4.69, 9.17) is 0 Å². The predicted octanol–water partition coefficient (Wildman–Crippen LogP) is 3.51. The Labute approximate surface area is 126 Å². The first kappa shape index (κ1) is 14.8. The van der Waals surface area contributed by atoms with Crippen LogP contribution in [0, 0.1) is 11.3 Å². The van der Waals surface area contributed by atoms with Crippen LogP contribution in [0.15, 0.2) is 0 Å². The Hall–Kier alpha value is -0.0800. The molecule has 0 radical (unpaired) electrons. The van der Waals surface area contributed by atoms with Crippen molar-refractivity contribution in [1.82, 2.24) is 4.90 Å². The topological polar surface area (TPSA) is 3.24 Å². The van der Waals surface area contributed by atoms with Crippen molar-refractivity contribution in [3.63, 3.8) is 0 Å². The molecule has 1 saturated carbocycles. The third kappa shape index (κ3) is 1.64. The molecular weight excluding hydrogens is 244 g/mol. The molecule has 2 aliphatic heterocycles. The molecule has 0 bridgehead atoms. The minimum atomic E-state index is 0.382. The number of piperidine rings is 1. The van der Waals surface area contributed by atoms with Gasteiger partial charge in [-0.3, -0.25) is 0 Å². The molecule has 2 heteroatoms. The molecule has 7 atom stereocenters. The van der Waals surface area contributed by atoms with Gasteiger partial charge in [-0.25, -0.2) is 0 Å². The summed E-state index contributed by atoms with van der Waals surface area (Å²) in [5.41, 5.74) is 1.16. The van der Waals surface area contributed by atoms with Gasteiger partial charge in [0.15, 0.2) is 6.04 Å². The van der Waals surface area contributed by atoms with E-state index < -0.39 is 0 Å². The van der Waals surface area contributed by atoms with Gasteiger partial charge in [0.25, 0.3) is 0 Å². The van der Waals surface area contributed by atoms with Crippen LogP contribution >= 0.6 is 0 Å². The zero-order valence-electron chi connectivity index (χ0n) is 14.7. The molecule has 116 valence electrons. The van der Waals surface area contributed by atoms with Gasteiger partial charge < -0.3 is 9.38 Å². The fourth-order valence-electron chi connectivity index (χ4n) is 6.07. The van der Waals surface area contributed by atoms with Crippen molar-refractivity contribution in [2.24, 2.45) is 11.3 Å². The summed E-state index contributed by atoms with van der Waals surface area (Å²) in [6, 6.07) is 3.12. The number of nitrogens with zero attached hydrogens (tertiary/aromatic N) is 2. The van der Waals surface area contributed by atoms with Gasteiger partial charge in [0.05, 0.1) is 12.0 Å². The first-order valence-electron chi connectivity index (χ1n) is 8.80. The maximum atomic E-state index is 2.55. The maximum absolute atomic E-state index is 2.55. The molecule has 2 heterocycles. The third-order valence-electron chi connectivity index (χ3n) is 7.72. The largest absolute Gasteiger partial charge is 0.305 e. The van der Waals surface area contributed by atoms with Crippen LogP contribution in [0.2, 0.25) is 0 Å². The number of likely N-dealkylation sites (N-methyl/N-ethyl adjacent to an activating group) is 1. The number of quaternary nitrogens is 1. The van der Waals surface area contributed by atoms with Crippen LogP contribution in [-0.2, 0) is 0 Å². The summed E-state index contributed by atoms with van der Waals surface area (Å²) < 4.78 is 1.52. The summed E-state index contributed by atoms with van der Waals surface area (Å²) in [5.74, 6) is 0.863. The van der Waals surface area contributed by atoms with E-state index in [1.165, 1.54) is 36.7 Å². The van der Waals surface area contributed by atoms with Gasteiger partial charge in [-0.05, 0) is 53.6 Å². The highest BCUT2D eigenvalue weighted by molar-refractivity contribution is 5.26. The second kappa shape index (κ2) is 4.23. The number of hydrogen-bond acceptors (Lipinski definition) is 1. The molecule has 0 aromatic carbocycles. The lowest BCUT2D eigenvalue weighted by Gasteiger charge is -2.38. The van der Waals surface area contributed by atoms with Crippen LogP contribution in [0.1, 0.15) is 60.3 Å². The van der Waals surface area contributed by atoms with Gasteiger partial charge >= 0.3 is 0 Å². The van der Waals surface area contributed by atoms with E-state index in [1.807, 2.05) is 0 Å². The monoisotopic (exact) mass is 279 g/mol. The van der Waals surface area contributed by atoms with E-state index >= 15 is 0 Å². The third-order valence-corrected chi connectivity index (χ3v) is 7.72. The molecule has 0 spiro atoms. The van der Waals surface area contributed by atoms with Crippen molar-refractivity contribution in [1.29, 1.82) is 0 Å². The second-order valence-corrected chi connectivity index (χ2v) is 8.84. The highest BCUT2D eigenvalue weighted by Crippen LogP contribution is 2.80. The molecule has 3 fully saturated rings. The molecule has 0 N–H and O–H groups in total. The first-order chi connectivity index (χ1) is 9.26. The Morgan fingerprint density at radius 2 is 2.00 bits per heavy atom. The Morgan fingerprint density at radius 3 is 2.45 bits per heavy atom. The Balaban J connectivity index is 1.58. The molecular formula is C18H35N2+. The molecule has 3 rings (SSSR count). The maximum Gasteiger partial charge on any atom is 0.153 e. The summed E-state index contributed by atoms with van der Waals surface area (Å²) in [5, 5.41) is 0. The van der Waals surface area contributed by atoms with Crippen LogP contribution < -0.4 is 0 Å². The lowest BCUT2D eigenvalue weighted by atomic mass is 9.84. The fourth-order valence-corrected chi connectivity index (χ4v) is 6.07. The fraction of sp³-hybridized carbons (Fsp3) is 1.00. The van der Waals surface area contributed by atoms with E-state index in [9.17, 15) is 0 Å². The summed E-state index contributed by atoms with van der Waals surface area (Å²) in [6.45, 7) is 13.6. The highest BCUT2D eigenvalue weighted by Gasteiger charge is 2.96.